The number of hydrogen-bond acceptors (Lipinski definition) is 3. The molecule has 1 aromatic carbocycles. The molecule has 0 aliphatic carbocycles. The van der Waals surface area contributed by atoms with E-state index in [0.29, 0.717) is 18.0 Å². The molecule has 0 saturated carbocycles. The minimum atomic E-state index is -0.212. The van der Waals surface area contributed by atoms with E-state index >= 15 is 0 Å². The van der Waals surface area contributed by atoms with Gasteiger partial charge in [-0.15, -0.1) is 11.8 Å². The van der Waals surface area contributed by atoms with E-state index in [2.05, 4.69) is 74.5 Å². The second-order valence-electron chi connectivity index (χ2n) is 9.71. The maximum atomic E-state index is 12.6. The summed E-state index contributed by atoms with van der Waals surface area (Å²) >= 11 is 0. The summed E-state index contributed by atoms with van der Waals surface area (Å²) in [5.41, 5.74) is 3.83. The smallest absolute Gasteiger partial charge is 0.318 e. The molecule has 2 rings (SSSR count). The summed E-state index contributed by atoms with van der Waals surface area (Å²) in [6, 6.07) is 10.0. The van der Waals surface area contributed by atoms with Crippen molar-refractivity contribution in [3.63, 3.8) is 0 Å². The number of carbonyl (C=O) groups is 2. The van der Waals surface area contributed by atoms with E-state index in [4.69, 9.17) is 0 Å². The molecule has 1 aromatic rings. The number of urea groups is 1. The minimum absolute atomic E-state index is 0.0727. The number of aryl methyl sites for hydroxylation is 1. The zero-order chi connectivity index (χ0) is 28.8. The second kappa shape index (κ2) is 22.0. The molecule has 38 heavy (non-hydrogen) atoms. The fourth-order valence-corrected chi connectivity index (χ4v) is 3.53. The lowest BCUT2D eigenvalue weighted by molar-refractivity contribution is -0.127. The lowest BCUT2D eigenvalue weighted by atomic mass is 9.99. The summed E-state index contributed by atoms with van der Waals surface area (Å²) in [5, 5.41) is 8.84. The van der Waals surface area contributed by atoms with E-state index in [1.807, 2.05) is 49.9 Å². The number of unbranched alkanes of at least 4 members (excludes halogenated alkanes) is 1. The van der Waals surface area contributed by atoms with Gasteiger partial charge in [-0.25, -0.2) is 4.79 Å². The number of rotatable bonds is 7. The van der Waals surface area contributed by atoms with Gasteiger partial charge in [0.2, 0.25) is 5.91 Å². The molecule has 3 N–H and O–H groups in total. The Morgan fingerprint density at radius 1 is 1.05 bits per heavy atom. The van der Waals surface area contributed by atoms with Crippen LogP contribution in [-0.4, -0.2) is 49.6 Å². The monoisotopic (exact) mass is 524 g/mol. The van der Waals surface area contributed by atoms with Crippen molar-refractivity contribution >= 4 is 11.9 Å². The highest BCUT2D eigenvalue weighted by molar-refractivity contribution is 5.93. The van der Waals surface area contributed by atoms with E-state index in [0.717, 1.165) is 56.7 Å². The van der Waals surface area contributed by atoms with Crippen molar-refractivity contribution < 1.29 is 9.59 Å². The topological polar surface area (TPSA) is 73.5 Å². The van der Waals surface area contributed by atoms with Crippen LogP contribution in [0.4, 0.5) is 4.79 Å². The van der Waals surface area contributed by atoms with Gasteiger partial charge in [0.1, 0.15) is 0 Å². The van der Waals surface area contributed by atoms with Gasteiger partial charge in [0.15, 0.2) is 0 Å². The molecule has 3 amide bonds. The van der Waals surface area contributed by atoms with Crippen molar-refractivity contribution in [2.24, 2.45) is 5.92 Å². The van der Waals surface area contributed by atoms with Crippen LogP contribution < -0.4 is 16.0 Å². The van der Waals surface area contributed by atoms with E-state index in [1.54, 1.807) is 0 Å². The number of piperazine rings is 1. The Morgan fingerprint density at radius 3 is 2.16 bits per heavy atom. The molecule has 1 saturated heterocycles. The normalized spacial score (nSPS) is 13.5. The fraction of sp³-hybridized carbons (Fsp3) is 0.562. The first-order valence-electron chi connectivity index (χ1n) is 14.1. The van der Waals surface area contributed by atoms with Crippen molar-refractivity contribution in [2.75, 3.05) is 32.7 Å². The van der Waals surface area contributed by atoms with E-state index in [-0.39, 0.29) is 11.9 Å². The molecule has 1 aliphatic rings. The zero-order valence-corrected chi connectivity index (χ0v) is 25.2. The Kier molecular flexibility index (Phi) is 20.2. The summed E-state index contributed by atoms with van der Waals surface area (Å²) < 4.78 is 0. The first-order valence-corrected chi connectivity index (χ1v) is 14.1. The Bertz CT molecular complexity index is 918. The molecule has 0 bridgehead atoms. The molecule has 1 heterocycles. The Morgan fingerprint density at radius 2 is 1.68 bits per heavy atom. The van der Waals surface area contributed by atoms with Gasteiger partial charge in [0.05, 0.1) is 0 Å². The van der Waals surface area contributed by atoms with E-state index < -0.39 is 0 Å². The highest BCUT2D eigenvalue weighted by atomic mass is 16.2. The van der Waals surface area contributed by atoms with Crippen LogP contribution in [0.5, 0.6) is 0 Å². The predicted octanol–water partition coefficient (Wildman–Crippen LogP) is 6.20. The number of benzene rings is 1. The predicted molar refractivity (Wildman–Crippen MR) is 162 cm³/mol. The second-order valence-corrected chi connectivity index (χ2v) is 9.71. The third-order valence-electron chi connectivity index (χ3n) is 5.50. The van der Waals surface area contributed by atoms with Gasteiger partial charge >= 0.3 is 6.03 Å². The number of hydrogen-bond donors (Lipinski definition) is 3. The summed E-state index contributed by atoms with van der Waals surface area (Å²) in [7, 11) is 0. The number of allylic oxidation sites excluding steroid dienone is 3. The fourth-order valence-electron chi connectivity index (χ4n) is 3.53. The first-order chi connectivity index (χ1) is 18.2. The number of nitrogens with one attached hydrogen (secondary N) is 3. The highest BCUT2D eigenvalue weighted by Crippen LogP contribution is 2.18. The van der Waals surface area contributed by atoms with Crippen molar-refractivity contribution in [1.29, 1.82) is 0 Å². The maximum Gasteiger partial charge on any atom is 0.318 e. The summed E-state index contributed by atoms with van der Waals surface area (Å²) in [4.78, 5) is 26.2. The van der Waals surface area contributed by atoms with E-state index in [1.165, 1.54) is 12.0 Å². The molecule has 1 fully saturated rings. The quantitative estimate of drug-likeness (QED) is 0.226. The van der Waals surface area contributed by atoms with Crippen LogP contribution in [0.1, 0.15) is 79.7 Å². The van der Waals surface area contributed by atoms with Gasteiger partial charge in [-0.1, -0.05) is 63.6 Å². The van der Waals surface area contributed by atoms with Crippen molar-refractivity contribution in [1.82, 2.24) is 20.9 Å². The van der Waals surface area contributed by atoms with Gasteiger partial charge in [-0.05, 0) is 58.1 Å². The molecule has 6 nitrogen and oxygen atoms in total. The molecule has 1 aliphatic heterocycles. The Balaban J connectivity index is 0.000000789. The SMILES string of the molecule is CCC#CCCC.CCNC(=O)N/C(C)=C(/C=C(\C)C(=O)N1CCNCC1)CC(C)C.Cc1ccccc1. The van der Waals surface area contributed by atoms with Gasteiger partial charge in [-0.2, -0.15) is 0 Å². The van der Waals surface area contributed by atoms with Crippen molar-refractivity contribution in [2.45, 2.75) is 81.1 Å². The average molecular weight is 525 g/mol. The van der Waals surface area contributed by atoms with Crippen LogP contribution in [-0.2, 0) is 4.79 Å². The van der Waals surface area contributed by atoms with Crippen molar-refractivity contribution in [3.8, 4) is 11.8 Å². The van der Waals surface area contributed by atoms with Gasteiger partial charge in [0.25, 0.3) is 0 Å². The van der Waals surface area contributed by atoms with Crippen LogP contribution >= 0.6 is 0 Å². The first kappa shape index (κ1) is 35.0. The molecule has 0 atom stereocenters. The maximum absolute atomic E-state index is 12.6. The standard InChI is InChI=1S/C18H32N4O2.C7H8.C7H12/c1-6-20-18(24)21-15(5)16(11-13(2)3)12-14(4)17(23)22-9-7-19-8-10-22;1-7-5-3-2-4-6-7;1-3-5-7-6-4-2/h12-13,19H,6-11H2,1-5H3,(H2,20,21,24);2-6H,1H3;3-5H2,1-2H3/b14-12+,16-15+;;. The third kappa shape index (κ3) is 17.4. The number of carbonyl (C=O) groups excluding carboxylic acids is 2. The van der Waals surface area contributed by atoms with Crippen LogP contribution in [0.25, 0.3) is 0 Å². The summed E-state index contributed by atoms with van der Waals surface area (Å²) in [5.74, 6) is 6.54. The molecule has 0 radical (unpaired) electrons. The van der Waals surface area contributed by atoms with Gasteiger partial charge in [-0.3, -0.25) is 4.79 Å². The van der Waals surface area contributed by atoms with Crippen LogP contribution in [0.15, 0.2) is 53.3 Å². The average Bonchev–Trinajstić information content (AvgIpc) is 2.89. The molecule has 0 spiro atoms. The molecule has 0 unspecified atom stereocenters. The Hall–Kier alpha value is -3.04. The van der Waals surface area contributed by atoms with Crippen LogP contribution in [0.2, 0.25) is 0 Å². The lowest BCUT2D eigenvalue weighted by Gasteiger charge is -2.28. The molecular formula is C32H52N4O2. The van der Waals surface area contributed by atoms with Gasteiger partial charge in [0, 0.05) is 56.8 Å². The molecule has 6 heteroatoms. The summed E-state index contributed by atoms with van der Waals surface area (Å²) in [6.07, 6.45) is 5.98. The summed E-state index contributed by atoms with van der Waals surface area (Å²) in [6.45, 7) is 19.9. The molecule has 0 aromatic heterocycles. The van der Waals surface area contributed by atoms with Gasteiger partial charge < -0.3 is 20.9 Å². The minimum Gasteiger partial charge on any atom is -0.338 e. The van der Waals surface area contributed by atoms with Crippen LogP contribution in [0, 0.1) is 24.7 Å². The van der Waals surface area contributed by atoms with Crippen molar-refractivity contribution in [3.05, 3.63) is 58.8 Å². The largest absolute Gasteiger partial charge is 0.338 e. The zero-order valence-electron chi connectivity index (χ0n) is 25.2. The van der Waals surface area contributed by atoms with E-state index in [9.17, 15) is 9.59 Å². The van der Waals surface area contributed by atoms with Crippen LogP contribution in [0.3, 0.4) is 0 Å². The Labute approximate surface area is 232 Å². The third-order valence-corrected chi connectivity index (χ3v) is 5.50. The molecular weight excluding hydrogens is 472 g/mol. The lowest BCUT2D eigenvalue weighted by Crippen LogP contribution is -2.46. The molecule has 212 valence electrons. The highest BCUT2D eigenvalue weighted by Gasteiger charge is 2.18. The number of nitrogens with zero attached hydrogens (tertiary/aromatic N) is 1. The number of amides is 3.